The maximum Gasteiger partial charge on any atom is 0.264 e. The number of halogens is 1. The average molecular weight is 514 g/mol. The minimum atomic E-state index is -4.10. The Kier molecular flexibility index (Phi) is 8.19. The number of rotatable bonds is 8. The molecule has 0 saturated carbocycles. The van der Waals surface area contributed by atoms with E-state index in [1.165, 1.54) is 18.2 Å². The monoisotopic (exact) mass is 513 g/mol. The zero-order chi connectivity index (χ0) is 25.8. The molecular formula is C26H28ClN3O4S. The molecule has 35 heavy (non-hydrogen) atoms. The van der Waals surface area contributed by atoms with Crippen LogP contribution >= 0.6 is 11.6 Å². The van der Waals surface area contributed by atoms with Crippen LogP contribution in [0.2, 0.25) is 5.02 Å². The summed E-state index contributed by atoms with van der Waals surface area (Å²) < 4.78 is 28.1. The molecule has 0 fully saturated rings. The molecule has 0 saturated heterocycles. The molecule has 2 N–H and O–H groups in total. The highest BCUT2D eigenvalue weighted by molar-refractivity contribution is 7.92. The highest BCUT2D eigenvalue weighted by Crippen LogP contribution is 2.28. The molecular weight excluding hydrogens is 486 g/mol. The van der Waals surface area contributed by atoms with E-state index in [1.54, 1.807) is 55.5 Å². The van der Waals surface area contributed by atoms with Crippen molar-refractivity contribution < 1.29 is 18.0 Å². The van der Waals surface area contributed by atoms with Crippen molar-refractivity contribution in [3.8, 4) is 0 Å². The summed E-state index contributed by atoms with van der Waals surface area (Å²) in [5.74, 6) is -0.951. The Bertz CT molecular complexity index is 1340. The molecule has 0 aromatic heterocycles. The van der Waals surface area contributed by atoms with E-state index in [1.807, 2.05) is 20.8 Å². The van der Waals surface area contributed by atoms with Gasteiger partial charge in [-0.15, -0.1) is 0 Å². The molecule has 0 bridgehead atoms. The summed E-state index contributed by atoms with van der Waals surface area (Å²) in [5, 5.41) is 5.85. The predicted molar refractivity (Wildman–Crippen MR) is 140 cm³/mol. The van der Waals surface area contributed by atoms with E-state index >= 15 is 0 Å². The highest BCUT2D eigenvalue weighted by atomic mass is 35.5. The number of carbonyl (C=O) groups excluding carboxylic acids is 2. The third-order valence-corrected chi connectivity index (χ3v) is 7.40. The number of anilines is 2. The van der Waals surface area contributed by atoms with E-state index in [0.29, 0.717) is 5.02 Å². The van der Waals surface area contributed by atoms with Gasteiger partial charge in [0, 0.05) is 11.1 Å². The van der Waals surface area contributed by atoms with Gasteiger partial charge in [-0.3, -0.25) is 13.9 Å². The van der Waals surface area contributed by atoms with Gasteiger partial charge in [0.15, 0.2) is 0 Å². The Hall–Kier alpha value is -3.36. The number of para-hydroxylation sites is 1. The van der Waals surface area contributed by atoms with E-state index < -0.39 is 22.5 Å². The molecule has 2 amide bonds. The standard InChI is InChI=1S/C26H28ClN3O4S/c1-17(2)28-26(32)22-7-5-6-8-24(22)29-25(31)16-30(20-12-11-19(4)23(27)15-20)35(33,34)21-13-9-18(3)10-14-21/h5-15,17H,16H2,1-4H3,(H,28,32)(H,29,31). The molecule has 0 aliphatic carbocycles. The second-order valence-electron chi connectivity index (χ2n) is 8.48. The molecule has 0 atom stereocenters. The molecule has 0 unspecified atom stereocenters. The molecule has 0 aliphatic heterocycles. The van der Waals surface area contributed by atoms with Crippen molar-refractivity contribution in [1.82, 2.24) is 5.32 Å². The number of amides is 2. The van der Waals surface area contributed by atoms with Gasteiger partial charge in [0.1, 0.15) is 6.54 Å². The number of hydrogen-bond acceptors (Lipinski definition) is 4. The van der Waals surface area contributed by atoms with Gasteiger partial charge in [0.05, 0.1) is 21.8 Å². The Morgan fingerprint density at radius 2 is 1.63 bits per heavy atom. The van der Waals surface area contributed by atoms with Gasteiger partial charge in [-0.2, -0.15) is 0 Å². The molecule has 0 radical (unpaired) electrons. The van der Waals surface area contributed by atoms with Gasteiger partial charge in [-0.25, -0.2) is 8.42 Å². The summed E-state index contributed by atoms with van der Waals surface area (Å²) in [5.41, 5.74) is 2.49. The largest absolute Gasteiger partial charge is 0.350 e. The predicted octanol–water partition coefficient (Wildman–Crippen LogP) is 4.93. The SMILES string of the molecule is Cc1ccc(S(=O)(=O)N(CC(=O)Nc2ccccc2C(=O)NC(C)C)c2ccc(C)c(Cl)c2)cc1. The third kappa shape index (κ3) is 6.41. The Balaban J connectivity index is 1.96. The van der Waals surface area contributed by atoms with E-state index in [0.717, 1.165) is 15.4 Å². The van der Waals surface area contributed by atoms with Crippen molar-refractivity contribution in [3.63, 3.8) is 0 Å². The first-order chi connectivity index (χ1) is 16.5. The second-order valence-corrected chi connectivity index (χ2v) is 10.7. The van der Waals surface area contributed by atoms with Gasteiger partial charge in [-0.1, -0.05) is 47.5 Å². The van der Waals surface area contributed by atoms with Crippen molar-refractivity contribution in [3.05, 3.63) is 88.4 Å². The van der Waals surface area contributed by atoms with Crippen molar-refractivity contribution in [2.45, 2.75) is 38.6 Å². The molecule has 3 rings (SSSR count). The van der Waals surface area contributed by atoms with Crippen LogP contribution in [0, 0.1) is 13.8 Å². The van der Waals surface area contributed by atoms with Crippen LogP contribution in [-0.4, -0.2) is 32.8 Å². The number of carbonyl (C=O) groups is 2. The van der Waals surface area contributed by atoms with Gasteiger partial charge in [-0.05, 0) is 69.7 Å². The highest BCUT2D eigenvalue weighted by Gasteiger charge is 2.28. The van der Waals surface area contributed by atoms with Crippen LogP contribution in [-0.2, 0) is 14.8 Å². The van der Waals surface area contributed by atoms with E-state index in [2.05, 4.69) is 10.6 Å². The van der Waals surface area contributed by atoms with Crippen LogP contribution in [0.1, 0.15) is 35.3 Å². The van der Waals surface area contributed by atoms with Gasteiger partial charge in [0.2, 0.25) is 5.91 Å². The van der Waals surface area contributed by atoms with Crippen molar-refractivity contribution >= 4 is 44.8 Å². The summed E-state index contributed by atoms with van der Waals surface area (Å²) in [6.45, 7) is 6.81. The molecule has 7 nitrogen and oxygen atoms in total. The maximum atomic E-state index is 13.6. The van der Waals surface area contributed by atoms with Gasteiger partial charge >= 0.3 is 0 Å². The first kappa shape index (κ1) is 26.2. The molecule has 0 spiro atoms. The first-order valence-corrected chi connectivity index (χ1v) is 12.9. The average Bonchev–Trinajstić information content (AvgIpc) is 2.79. The number of hydrogen-bond donors (Lipinski definition) is 2. The van der Waals surface area contributed by atoms with E-state index in [9.17, 15) is 18.0 Å². The molecule has 184 valence electrons. The zero-order valence-corrected chi connectivity index (χ0v) is 21.6. The van der Waals surface area contributed by atoms with E-state index in [4.69, 9.17) is 11.6 Å². The number of benzene rings is 3. The van der Waals surface area contributed by atoms with Crippen molar-refractivity contribution in [1.29, 1.82) is 0 Å². The summed E-state index contributed by atoms with van der Waals surface area (Å²) >= 11 is 6.27. The van der Waals surface area contributed by atoms with Crippen LogP contribution in [0.3, 0.4) is 0 Å². The Labute approximate surface area is 211 Å². The van der Waals surface area contributed by atoms with Crippen LogP contribution in [0.5, 0.6) is 0 Å². The maximum absolute atomic E-state index is 13.6. The molecule has 3 aromatic rings. The fourth-order valence-corrected chi connectivity index (χ4v) is 4.93. The van der Waals surface area contributed by atoms with Crippen LogP contribution in [0.15, 0.2) is 71.6 Å². The van der Waals surface area contributed by atoms with Crippen LogP contribution < -0.4 is 14.9 Å². The molecule has 3 aromatic carbocycles. The molecule has 0 heterocycles. The quantitative estimate of drug-likeness (QED) is 0.446. The second kappa shape index (κ2) is 10.9. The van der Waals surface area contributed by atoms with Crippen LogP contribution in [0.4, 0.5) is 11.4 Å². The Morgan fingerprint density at radius 1 is 0.971 bits per heavy atom. The number of nitrogens with one attached hydrogen (secondary N) is 2. The lowest BCUT2D eigenvalue weighted by molar-refractivity contribution is -0.114. The summed E-state index contributed by atoms with van der Waals surface area (Å²) in [7, 11) is -4.10. The first-order valence-electron chi connectivity index (χ1n) is 11.0. The normalized spacial score (nSPS) is 11.3. The van der Waals surface area contributed by atoms with Gasteiger partial charge in [0.25, 0.3) is 15.9 Å². The summed E-state index contributed by atoms with van der Waals surface area (Å²) in [6, 6.07) is 17.6. The minimum absolute atomic E-state index is 0.0457. The minimum Gasteiger partial charge on any atom is -0.350 e. The van der Waals surface area contributed by atoms with E-state index in [-0.39, 0.29) is 33.8 Å². The lowest BCUT2D eigenvalue weighted by Crippen LogP contribution is -2.38. The smallest absolute Gasteiger partial charge is 0.264 e. The fraction of sp³-hybridized carbons (Fsp3) is 0.231. The van der Waals surface area contributed by atoms with Crippen molar-refractivity contribution in [2.75, 3.05) is 16.2 Å². The zero-order valence-electron chi connectivity index (χ0n) is 20.0. The summed E-state index contributed by atoms with van der Waals surface area (Å²) in [4.78, 5) is 25.7. The molecule has 9 heteroatoms. The lowest BCUT2D eigenvalue weighted by atomic mass is 10.1. The van der Waals surface area contributed by atoms with Crippen LogP contribution in [0.25, 0.3) is 0 Å². The number of aryl methyl sites for hydroxylation is 2. The topological polar surface area (TPSA) is 95.6 Å². The lowest BCUT2D eigenvalue weighted by Gasteiger charge is -2.25. The van der Waals surface area contributed by atoms with Gasteiger partial charge < -0.3 is 10.6 Å². The fourth-order valence-electron chi connectivity index (χ4n) is 3.34. The number of nitrogens with zero attached hydrogens (tertiary/aromatic N) is 1. The third-order valence-electron chi connectivity index (χ3n) is 5.21. The van der Waals surface area contributed by atoms with Crippen molar-refractivity contribution in [2.24, 2.45) is 0 Å². The Morgan fingerprint density at radius 3 is 2.26 bits per heavy atom. The summed E-state index contributed by atoms with van der Waals surface area (Å²) in [6.07, 6.45) is 0. The molecule has 0 aliphatic rings. The number of sulfonamides is 1.